The van der Waals surface area contributed by atoms with Gasteiger partial charge in [-0.05, 0) is 29.7 Å². The largest absolute Gasteiger partial charge is 0.369 e. The van der Waals surface area contributed by atoms with E-state index in [-0.39, 0.29) is 0 Å². The zero-order chi connectivity index (χ0) is 19.6. The van der Waals surface area contributed by atoms with Gasteiger partial charge in [0.25, 0.3) is 0 Å². The SMILES string of the molecule is CCc1ccc(-c2csc3ncnc(NCCc4nc5ccccc5[nH]4)c23)cc1. The van der Waals surface area contributed by atoms with Crippen molar-refractivity contribution in [3.05, 3.63) is 71.6 Å². The summed E-state index contributed by atoms with van der Waals surface area (Å²) in [6.45, 7) is 2.92. The van der Waals surface area contributed by atoms with E-state index < -0.39 is 0 Å². The Hall–Kier alpha value is -3.25. The van der Waals surface area contributed by atoms with Crippen molar-refractivity contribution in [1.82, 2.24) is 19.9 Å². The van der Waals surface area contributed by atoms with Gasteiger partial charge in [-0.1, -0.05) is 43.3 Å². The fraction of sp³-hybridized carbons (Fsp3) is 0.174. The third kappa shape index (κ3) is 3.47. The number of benzene rings is 2. The predicted octanol–water partition coefficient (Wildman–Crippen LogP) is 5.45. The molecule has 3 aromatic heterocycles. The van der Waals surface area contributed by atoms with Crippen LogP contribution in [0.5, 0.6) is 0 Å². The summed E-state index contributed by atoms with van der Waals surface area (Å²) in [5.74, 6) is 1.85. The first-order valence-electron chi connectivity index (χ1n) is 9.81. The Morgan fingerprint density at radius 3 is 2.72 bits per heavy atom. The first-order chi connectivity index (χ1) is 14.3. The summed E-state index contributed by atoms with van der Waals surface area (Å²) >= 11 is 1.66. The van der Waals surface area contributed by atoms with E-state index in [0.717, 1.165) is 52.3 Å². The Bertz CT molecular complexity index is 1240. The molecule has 29 heavy (non-hydrogen) atoms. The molecular weight excluding hydrogens is 378 g/mol. The van der Waals surface area contributed by atoms with E-state index in [1.165, 1.54) is 16.7 Å². The van der Waals surface area contributed by atoms with Gasteiger partial charge in [0.15, 0.2) is 0 Å². The van der Waals surface area contributed by atoms with Crippen LogP contribution >= 0.6 is 11.3 Å². The molecule has 0 spiro atoms. The first-order valence-corrected chi connectivity index (χ1v) is 10.7. The lowest BCUT2D eigenvalue weighted by atomic mass is 10.0. The maximum Gasteiger partial charge on any atom is 0.138 e. The molecule has 6 heteroatoms. The number of para-hydroxylation sites is 2. The number of aromatic amines is 1. The van der Waals surface area contributed by atoms with E-state index in [1.807, 2.05) is 18.2 Å². The fourth-order valence-corrected chi connectivity index (χ4v) is 4.48. The summed E-state index contributed by atoms with van der Waals surface area (Å²) in [6, 6.07) is 16.9. The second-order valence-electron chi connectivity index (χ2n) is 6.98. The summed E-state index contributed by atoms with van der Waals surface area (Å²) in [4.78, 5) is 18.0. The normalized spacial score (nSPS) is 11.3. The van der Waals surface area contributed by atoms with Crippen LogP contribution in [0.3, 0.4) is 0 Å². The van der Waals surface area contributed by atoms with Crippen LogP contribution in [0.25, 0.3) is 32.4 Å². The third-order valence-corrected chi connectivity index (χ3v) is 6.02. The number of imidazole rings is 1. The van der Waals surface area contributed by atoms with Crippen molar-refractivity contribution in [2.45, 2.75) is 19.8 Å². The molecule has 0 saturated carbocycles. The lowest BCUT2D eigenvalue weighted by Crippen LogP contribution is -2.07. The number of hydrogen-bond donors (Lipinski definition) is 2. The lowest BCUT2D eigenvalue weighted by molar-refractivity contribution is 0.929. The Morgan fingerprint density at radius 1 is 1.03 bits per heavy atom. The maximum atomic E-state index is 4.65. The van der Waals surface area contributed by atoms with Crippen molar-refractivity contribution < 1.29 is 0 Å². The molecule has 0 unspecified atom stereocenters. The van der Waals surface area contributed by atoms with Gasteiger partial charge in [-0.25, -0.2) is 15.0 Å². The van der Waals surface area contributed by atoms with E-state index in [2.05, 4.69) is 67.9 Å². The minimum absolute atomic E-state index is 0.746. The van der Waals surface area contributed by atoms with E-state index in [0.29, 0.717) is 0 Å². The second kappa shape index (κ2) is 7.64. The minimum Gasteiger partial charge on any atom is -0.369 e. The van der Waals surface area contributed by atoms with Gasteiger partial charge in [0, 0.05) is 23.9 Å². The first kappa shape index (κ1) is 17.8. The van der Waals surface area contributed by atoms with Gasteiger partial charge in [-0.15, -0.1) is 11.3 Å². The molecule has 2 N–H and O–H groups in total. The van der Waals surface area contributed by atoms with Crippen LogP contribution in [-0.2, 0) is 12.8 Å². The molecule has 0 atom stereocenters. The van der Waals surface area contributed by atoms with Gasteiger partial charge < -0.3 is 10.3 Å². The molecule has 0 fully saturated rings. The van der Waals surface area contributed by atoms with Crippen LogP contribution in [0.15, 0.2) is 60.2 Å². The van der Waals surface area contributed by atoms with Crippen molar-refractivity contribution in [3.8, 4) is 11.1 Å². The van der Waals surface area contributed by atoms with E-state index >= 15 is 0 Å². The topological polar surface area (TPSA) is 66.5 Å². The molecule has 144 valence electrons. The smallest absolute Gasteiger partial charge is 0.138 e. The standard InChI is InChI=1S/C23H21N5S/c1-2-15-7-9-16(10-8-15)17-13-29-23-21(17)22(25-14-26-23)24-12-11-20-27-18-5-3-4-6-19(18)28-20/h3-10,13-14H,2,11-12H2,1H3,(H,27,28)(H,24,25,26). The Kier molecular flexibility index (Phi) is 4.69. The molecule has 3 heterocycles. The number of thiophene rings is 1. The summed E-state index contributed by atoms with van der Waals surface area (Å²) in [5.41, 5.74) is 5.79. The lowest BCUT2D eigenvalue weighted by Gasteiger charge is -2.08. The van der Waals surface area contributed by atoms with Gasteiger partial charge in [0.2, 0.25) is 0 Å². The highest BCUT2D eigenvalue weighted by Gasteiger charge is 2.13. The van der Waals surface area contributed by atoms with Gasteiger partial charge in [-0.3, -0.25) is 0 Å². The van der Waals surface area contributed by atoms with Crippen molar-refractivity contribution in [1.29, 1.82) is 0 Å². The van der Waals surface area contributed by atoms with Crippen molar-refractivity contribution >= 4 is 38.4 Å². The Morgan fingerprint density at radius 2 is 1.90 bits per heavy atom. The highest BCUT2D eigenvalue weighted by Crippen LogP contribution is 2.36. The van der Waals surface area contributed by atoms with E-state index in [9.17, 15) is 0 Å². The number of nitrogens with one attached hydrogen (secondary N) is 2. The van der Waals surface area contributed by atoms with Crippen molar-refractivity contribution in [3.63, 3.8) is 0 Å². The van der Waals surface area contributed by atoms with E-state index in [4.69, 9.17) is 0 Å². The molecule has 2 aromatic carbocycles. The van der Waals surface area contributed by atoms with Crippen molar-refractivity contribution in [2.75, 3.05) is 11.9 Å². The molecule has 0 bridgehead atoms. The molecule has 5 nitrogen and oxygen atoms in total. The van der Waals surface area contributed by atoms with Crippen LogP contribution in [0, 0.1) is 0 Å². The van der Waals surface area contributed by atoms with Gasteiger partial charge >= 0.3 is 0 Å². The van der Waals surface area contributed by atoms with Crippen LogP contribution in [-0.4, -0.2) is 26.5 Å². The highest BCUT2D eigenvalue weighted by molar-refractivity contribution is 7.17. The van der Waals surface area contributed by atoms with Crippen LogP contribution < -0.4 is 5.32 Å². The maximum absolute atomic E-state index is 4.65. The van der Waals surface area contributed by atoms with Crippen LogP contribution in [0.4, 0.5) is 5.82 Å². The fourth-order valence-electron chi connectivity index (χ4n) is 3.56. The molecule has 0 radical (unpaired) electrons. The summed E-state index contributed by atoms with van der Waals surface area (Å²) < 4.78 is 0. The zero-order valence-electron chi connectivity index (χ0n) is 16.1. The molecule has 0 aliphatic carbocycles. The summed E-state index contributed by atoms with van der Waals surface area (Å²) in [7, 11) is 0. The number of H-pyrrole nitrogens is 1. The number of anilines is 1. The van der Waals surface area contributed by atoms with Crippen LogP contribution in [0.1, 0.15) is 18.3 Å². The molecule has 0 aliphatic heterocycles. The average Bonchev–Trinajstić information content (AvgIpc) is 3.38. The van der Waals surface area contributed by atoms with Gasteiger partial charge in [0.1, 0.15) is 22.8 Å². The van der Waals surface area contributed by atoms with Gasteiger partial charge in [-0.2, -0.15) is 0 Å². The Labute approximate surface area is 172 Å². The summed E-state index contributed by atoms with van der Waals surface area (Å²) in [6.07, 6.45) is 3.47. The molecule has 0 saturated heterocycles. The second-order valence-corrected chi connectivity index (χ2v) is 7.84. The number of aryl methyl sites for hydroxylation is 1. The van der Waals surface area contributed by atoms with Crippen molar-refractivity contribution in [2.24, 2.45) is 0 Å². The van der Waals surface area contributed by atoms with Gasteiger partial charge in [0.05, 0.1) is 16.4 Å². The number of fused-ring (bicyclic) bond motifs is 2. The Balaban J connectivity index is 1.40. The monoisotopic (exact) mass is 399 g/mol. The number of nitrogens with zero attached hydrogens (tertiary/aromatic N) is 3. The van der Waals surface area contributed by atoms with Crippen LogP contribution in [0.2, 0.25) is 0 Å². The average molecular weight is 400 g/mol. The molecule has 0 aliphatic rings. The molecule has 5 aromatic rings. The number of rotatable bonds is 6. The summed E-state index contributed by atoms with van der Waals surface area (Å²) in [5, 5.41) is 6.76. The molecule has 5 rings (SSSR count). The van der Waals surface area contributed by atoms with E-state index in [1.54, 1.807) is 17.7 Å². The third-order valence-electron chi connectivity index (χ3n) is 5.14. The molecule has 0 amide bonds. The highest BCUT2D eigenvalue weighted by atomic mass is 32.1. The number of hydrogen-bond acceptors (Lipinski definition) is 5. The number of aromatic nitrogens is 4. The predicted molar refractivity (Wildman–Crippen MR) is 121 cm³/mol. The quantitative estimate of drug-likeness (QED) is 0.398. The zero-order valence-corrected chi connectivity index (χ0v) is 17.0. The minimum atomic E-state index is 0.746. The molecular formula is C23H21N5S.